The third-order valence-electron chi connectivity index (χ3n) is 3.51. The van der Waals surface area contributed by atoms with Gasteiger partial charge in [0.05, 0.1) is 0 Å². The predicted molar refractivity (Wildman–Crippen MR) is 102 cm³/mol. The maximum atomic E-state index is 10.1. The molecule has 0 saturated carbocycles. The summed E-state index contributed by atoms with van der Waals surface area (Å²) in [6.07, 6.45) is 1.15. The van der Waals surface area contributed by atoms with E-state index in [1.54, 1.807) is 0 Å². The van der Waals surface area contributed by atoms with Gasteiger partial charge in [-0.2, -0.15) is 0 Å². The summed E-state index contributed by atoms with van der Waals surface area (Å²) in [5.41, 5.74) is 0. The Morgan fingerprint density at radius 3 is 1.03 bits per heavy atom. The van der Waals surface area contributed by atoms with E-state index in [0.29, 0.717) is 25.7 Å². The number of hydrogen-bond acceptors (Lipinski definition) is 8. The van der Waals surface area contributed by atoms with E-state index >= 15 is 0 Å². The predicted octanol–water partition coefficient (Wildman–Crippen LogP) is -1.07. The average Bonchev–Trinajstić information content (AvgIpc) is 2.53. The van der Waals surface area contributed by atoms with Crippen LogP contribution in [0, 0.1) is 11.8 Å². The van der Waals surface area contributed by atoms with Crippen LogP contribution < -0.4 is 20.4 Å². The second kappa shape index (κ2) is 20.0. The minimum absolute atomic E-state index is 0.0389. The van der Waals surface area contributed by atoms with E-state index in [9.17, 15) is 39.6 Å². The zero-order chi connectivity index (χ0) is 23.6. The molecule has 0 aromatic rings. The minimum atomic E-state index is -1.14. The van der Waals surface area contributed by atoms with Crippen LogP contribution in [0.15, 0.2) is 0 Å². The molecule has 6 radical (unpaired) electrons. The van der Waals surface area contributed by atoms with Gasteiger partial charge in [-0.05, 0) is 50.4 Å². The SMILES string of the molecule is CC(CCCC(=O)[O-])C(=O)[O-].CC(CCCC(=O)[O-])C(=O)[O-].C[CH](C)[Sn+4][CH](C)C. The summed E-state index contributed by atoms with van der Waals surface area (Å²) >= 11 is 0.0389. The Morgan fingerprint density at radius 1 is 0.621 bits per heavy atom. The van der Waals surface area contributed by atoms with E-state index in [2.05, 4.69) is 27.7 Å². The van der Waals surface area contributed by atoms with E-state index in [0.717, 1.165) is 7.87 Å². The molecule has 0 bridgehead atoms. The molecule has 0 aliphatic rings. The molecule has 0 aromatic carbocycles. The summed E-state index contributed by atoms with van der Waals surface area (Å²) in [5.74, 6) is -5.71. The fourth-order valence-corrected chi connectivity index (χ4v) is 5.81. The van der Waals surface area contributed by atoms with E-state index < -0.39 is 35.7 Å². The van der Waals surface area contributed by atoms with Crippen molar-refractivity contribution in [2.75, 3.05) is 0 Å². The van der Waals surface area contributed by atoms with Crippen LogP contribution in [-0.4, -0.2) is 45.0 Å². The van der Waals surface area contributed by atoms with Crippen molar-refractivity contribution >= 4 is 45.0 Å². The topological polar surface area (TPSA) is 161 Å². The summed E-state index contributed by atoms with van der Waals surface area (Å²) < 4.78 is 2.09. The number of rotatable bonds is 12. The van der Waals surface area contributed by atoms with Crippen LogP contribution in [0.1, 0.15) is 80.1 Å². The average molecular weight is 521 g/mol. The Hall–Kier alpha value is -1.32. The summed E-state index contributed by atoms with van der Waals surface area (Å²) in [6, 6.07) is 0. The van der Waals surface area contributed by atoms with Gasteiger partial charge in [-0.25, -0.2) is 0 Å². The Morgan fingerprint density at radius 2 is 0.897 bits per heavy atom. The van der Waals surface area contributed by atoms with Crippen molar-refractivity contribution in [2.24, 2.45) is 11.8 Å². The first kappa shape index (κ1) is 32.3. The van der Waals surface area contributed by atoms with Gasteiger partial charge in [0.1, 0.15) is 0 Å². The monoisotopic (exact) mass is 522 g/mol. The molecule has 0 saturated heterocycles. The van der Waals surface area contributed by atoms with Crippen molar-refractivity contribution in [3.05, 3.63) is 0 Å². The molecule has 0 rings (SSSR count). The number of carbonyl (C=O) groups is 4. The molecule has 166 valence electrons. The quantitative estimate of drug-likeness (QED) is 0.294. The molecule has 2 unspecified atom stereocenters. The molecule has 0 aliphatic carbocycles. The second-order valence-electron chi connectivity index (χ2n) is 7.44. The van der Waals surface area contributed by atoms with E-state index in [-0.39, 0.29) is 34.0 Å². The first-order valence-electron chi connectivity index (χ1n) is 9.78. The van der Waals surface area contributed by atoms with Crippen molar-refractivity contribution in [2.45, 2.75) is 87.9 Å². The van der Waals surface area contributed by atoms with Crippen LogP contribution in [0.5, 0.6) is 0 Å². The second-order valence-corrected chi connectivity index (χ2v) is 15.0. The molecule has 8 nitrogen and oxygen atoms in total. The van der Waals surface area contributed by atoms with Gasteiger partial charge in [0, 0.05) is 23.9 Å². The third kappa shape index (κ3) is 31.6. The molecule has 9 heteroatoms. The van der Waals surface area contributed by atoms with Gasteiger partial charge in [-0.15, -0.1) is 0 Å². The van der Waals surface area contributed by atoms with Crippen molar-refractivity contribution in [1.82, 2.24) is 0 Å². The van der Waals surface area contributed by atoms with Crippen LogP contribution in [0.3, 0.4) is 0 Å². The van der Waals surface area contributed by atoms with Crippen molar-refractivity contribution in [3.63, 3.8) is 0 Å². The molecule has 2 atom stereocenters. The number of hydrogen-bond donors (Lipinski definition) is 0. The van der Waals surface area contributed by atoms with Gasteiger partial charge < -0.3 is 39.6 Å². The first-order valence-corrected chi connectivity index (χ1v) is 13.1. The molecule has 0 spiro atoms. The van der Waals surface area contributed by atoms with Crippen LogP contribution in [0.2, 0.25) is 7.87 Å². The molecule has 29 heavy (non-hydrogen) atoms. The molecular formula is C20H34O8Sn. The van der Waals surface area contributed by atoms with Crippen LogP contribution in [0.4, 0.5) is 0 Å². The third-order valence-corrected chi connectivity index (χ3v) is 7.31. The summed E-state index contributed by atoms with van der Waals surface area (Å²) in [5, 5.41) is 40.0. The number of carboxylic acid groups (broad SMARTS) is 4. The number of aliphatic carboxylic acids is 4. The fourth-order valence-electron chi connectivity index (χ4n) is 2.01. The van der Waals surface area contributed by atoms with Gasteiger partial charge in [-0.1, -0.05) is 13.8 Å². The molecule has 0 aliphatic heterocycles. The maximum absolute atomic E-state index is 10.1. The van der Waals surface area contributed by atoms with E-state index in [1.165, 1.54) is 13.8 Å². The molecule has 0 aromatic heterocycles. The fraction of sp³-hybridized carbons (Fsp3) is 0.800. The number of carboxylic acids is 4. The van der Waals surface area contributed by atoms with Gasteiger partial charge >= 0.3 is 56.7 Å². The Balaban J connectivity index is -0.000000360. The molecule has 0 fully saturated rings. The molecule has 0 heterocycles. The zero-order valence-electron chi connectivity index (χ0n) is 18.3. The van der Waals surface area contributed by atoms with E-state index in [1.807, 2.05) is 0 Å². The van der Waals surface area contributed by atoms with Gasteiger partial charge in [-0.3, -0.25) is 0 Å². The van der Waals surface area contributed by atoms with Gasteiger partial charge in [0.15, 0.2) is 0 Å². The van der Waals surface area contributed by atoms with Crippen molar-refractivity contribution in [1.29, 1.82) is 0 Å². The van der Waals surface area contributed by atoms with Crippen LogP contribution in [0.25, 0.3) is 0 Å². The number of carbonyl (C=O) groups excluding carboxylic acids is 4. The van der Waals surface area contributed by atoms with E-state index in [4.69, 9.17) is 0 Å². The zero-order valence-corrected chi connectivity index (χ0v) is 21.2. The van der Waals surface area contributed by atoms with Crippen LogP contribution >= 0.6 is 0 Å². The van der Waals surface area contributed by atoms with Gasteiger partial charge in [0.2, 0.25) is 0 Å². The molecule has 0 N–H and O–H groups in total. The summed E-state index contributed by atoms with van der Waals surface area (Å²) in [4.78, 5) is 40.0. The Labute approximate surface area is 184 Å². The summed E-state index contributed by atoms with van der Waals surface area (Å²) in [7, 11) is 0. The first-order chi connectivity index (χ1) is 13.2. The van der Waals surface area contributed by atoms with Crippen LogP contribution in [-0.2, 0) is 19.2 Å². The molecule has 0 amide bonds. The standard InChI is InChI=1S/2C7H12O4.2C3H7.Sn/c2*1-5(7(10)11)3-2-4-6(8)9;2*1-3-2;/h2*5H,2-4H2,1H3,(H,8,9)(H,10,11);2*3H,1-2H3;/q;;;;+4/p-4. The van der Waals surface area contributed by atoms with Gasteiger partial charge in [0.25, 0.3) is 0 Å². The Kier molecular flexibility index (Phi) is 22.3. The van der Waals surface area contributed by atoms with Crippen molar-refractivity contribution < 1.29 is 39.6 Å². The summed E-state index contributed by atoms with van der Waals surface area (Å²) in [6.45, 7) is 12.3. The van der Waals surface area contributed by atoms with Crippen molar-refractivity contribution in [3.8, 4) is 0 Å². The normalized spacial score (nSPS) is 12.1. The molecular weight excluding hydrogens is 487 g/mol. The Bertz CT molecular complexity index is 435.